The Kier molecular flexibility index (Phi) is 7.28. The molecule has 0 aliphatic carbocycles. The van der Waals surface area contributed by atoms with E-state index >= 15 is 0 Å². The summed E-state index contributed by atoms with van der Waals surface area (Å²) in [4.78, 5) is 11.5. The van der Waals surface area contributed by atoms with Gasteiger partial charge in [0.2, 0.25) is 0 Å². The second kappa shape index (κ2) is 8.52. The molecule has 0 atom stereocenters. The van der Waals surface area contributed by atoms with Gasteiger partial charge in [0.15, 0.2) is 14.8 Å². The minimum atomic E-state index is -0.728. The summed E-state index contributed by atoms with van der Waals surface area (Å²) in [6.07, 6.45) is 0.783. The number of carbonyl (C=O) groups excluding carboxylic acids is 1. The van der Waals surface area contributed by atoms with Crippen LogP contribution >= 0.6 is 23.2 Å². The SMILES string of the molecule is O=C(OCCC[SiH2]OC(Cl)Cl)c1ccccc1. The van der Waals surface area contributed by atoms with E-state index in [0.717, 1.165) is 12.5 Å². The third-order valence-electron chi connectivity index (χ3n) is 2.03. The number of carbonyl (C=O) groups is 1. The van der Waals surface area contributed by atoms with E-state index in [4.69, 9.17) is 32.4 Å². The molecule has 0 aromatic heterocycles. The van der Waals surface area contributed by atoms with Gasteiger partial charge in [-0.05, 0) is 24.6 Å². The second-order valence-corrected chi connectivity index (χ2v) is 5.81. The van der Waals surface area contributed by atoms with Crippen molar-refractivity contribution in [1.82, 2.24) is 0 Å². The van der Waals surface area contributed by atoms with Crippen molar-refractivity contribution in [2.24, 2.45) is 0 Å². The van der Waals surface area contributed by atoms with Crippen LogP contribution in [0, 0.1) is 0 Å². The van der Waals surface area contributed by atoms with E-state index in [-0.39, 0.29) is 5.97 Å². The number of hydrogen-bond acceptors (Lipinski definition) is 3. The molecule has 17 heavy (non-hydrogen) atoms. The van der Waals surface area contributed by atoms with Crippen molar-refractivity contribution in [3.63, 3.8) is 0 Å². The maximum absolute atomic E-state index is 11.5. The zero-order valence-electron chi connectivity index (χ0n) is 9.27. The van der Waals surface area contributed by atoms with Crippen LogP contribution < -0.4 is 0 Å². The van der Waals surface area contributed by atoms with Crippen molar-refractivity contribution in [3.05, 3.63) is 35.9 Å². The molecule has 0 N–H and O–H groups in total. The summed E-state index contributed by atoms with van der Waals surface area (Å²) in [7, 11) is -0.699. The van der Waals surface area contributed by atoms with Crippen LogP contribution in [-0.2, 0) is 9.16 Å². The van der Waals surface area contributed by atoms with Gasteiger partial charge < -0.3 is 9.16 Å². The first-order chi connectivity index (χ1) is 8.20. The van der Waals surface area contributed by atoms with Crippen molar-refractivity contribution < 1.29 is 14.0 Å². The maximum atomic E-state index is 11.5. The Morgan fingerprint density at radius 2 is 2.00 bits per heavy atom. The van der Waals surface area contributed by atoms with Gasteiger partial charge in [0.25, 0.3) is 0 Å². The zero-order valence-corrected chi connectivity index (χ0v) is 12.2. The van der Waals surface area contributed by atoms with E-state index in [9.17, 15) is 4.79 Å². The van der Waals surface area contributed by atoms with Gasteiger partial charge in [0.05, 0.1) is 12.2 Å². The number of benzene rings is 1. The standard InChI is InChI=1S/C11H14Cl2O3Si/c12-11(13)16-17-8-4-7-15-10(14)9-5-2-1-3-6-9/h1-3,5-6,11H,4,7-8,17H2. The Morgan fingerprint density at radius 1 is 1.29 bits per heavy atom. The molecule has 0 saturated carbocycles. The molecule has 0 bridgehead atoms. The van der Waals surface area contributed by atoms with Gasteiger partial charge in [-0.2, -0.15) is 0 Å². The first kappa shape index (κ1) is 14.5. The predicted octanol–water partition coefficient (Wildman–Crippen LogP) is 2.51. The van der Waals surface area contributed by atoms with E-state index in [2.05, 4.69) is 0 Å². The molecule has 3 nitrogen and oxygen atoms in total. The van der Waals surface area contributed by atoms with Gasteiger partial charge >= 0.3 is 5.97 Å². The van der Waals surface area contributed by atoms with Crippen molar-refractivity contribution in [1.29, 1.82) is 0 Å². The van der Waals surface area contributed by atoms with Gasteiger partial charge in [-0.25, -0.2) is 4.79 Å². The number of ether oxygens (including phenoxy) is 1. The summed E-state index contributed by atoms with van der Waals surface area (Å²) >= 11 is 10.8. The minimum absolute atomic E-state index is 0.291. The molecule has 0 spiro atoms. The second-order valence-electron chi connectivity index (χ2n) is 3.34. The van der Waals surface area contributed by atoms with E-state index in [1.165, 1.54) is 0 Å². The molecule has 1 aromatic rings. The van der Waals surface area contributed by atoms with Crippen LogP contribution in [0.25, 0.3) is 0 Å². The zero-order chi connectivity index (χ0) is 12.5. The van der Waals surface area contributed by atoms with Crippen LogP contribution in [0.5, 0.6) is 0 Å². The molecule has 0 saturated heterocycles. The smallest absolute Gasteiger partial charge is 0.338 e. The minimum Gasteiger partial charge on any atom is -0.462 e. The van der Waals surface area contributed by atoms with Crippen LogP contribution in [-0.4, -0.2) is 27.4 Å². The quantitative estimate of drug-likeness (QED) is 0.335. The van der Waals surface area contributed by atoms with Gasteiger partial charge in [-0.15, -0.1) is 0 Å². The third-order valence-corrected chi connectivity index (χ3v) is 4.06. The average molecular weight is 293 g/mol. The van der Waals surface area contributed by atoms with Crippen molar-refractivity contribution in [3.8, 4) is 0 Å². The molecule has 0 heterocycles. The first-order valence-corrected chi connectivity index (χ1v) is 7.77. The molecule has 0 aliphatic rings. The highest BCUT2D eigenvalue weighted by molar-refractivity contribution is 6.45. The molecule has 0 aliphatic heterocycles. The van der Waals surface area contributed by atoms with E-state index < -0.39 is 14.8 Å². The van der Waals surface area contributed by atoms with Crippen molar-refractivity contribution >= 4 is 38.9 Å². The summed E-state index contributed by atoms with van der Waals surface area (Å²) in [6, 6.07) is 9.81. The summed E-state index contributed by atoms with van der Waals surface area (Å²) in [5, 5.41) is -0.728. The summed E-state index contributed by atoms with van der Waals surface area (Å²) in [5.74, 6) is -0.291. The molecule has 94 valence electrons. The lowest BCUT2D eigenvalue weighted by molar-refractivity contribution is 0.0504. The predicted molar refractivity (Wildman–Crippen MR) is 71.3 cm³/mol. The molecular weight excluding hydrogens is 279 g/mol. The fourth-order valence-corrected chi connectivity index (χ4v) is 2.49. The normalized spacial score (nSPS) is 11.2. The number of rotatable bonds is 7. The van der Waals surface area contributed by atoms with Crippen molar-refractivity contribution in [2.75, 3.05) is 6.61 Å². The van der Waals surface area contributed by atoms with Crippen LogP contribution in [0.1, 0.15) is 16.8 Å². The largest absolute Gasteiger partial charge is 0.462 e. The lowest BCUT2D eigenvalue weighted by atomic mass is 10.2. The van der Waals surface area contributed by atoms with Crippen LogP contribution in [0.2, 0.25) is 6.04 Å². The molecule has 0 fully saturated rings. The first-order valence-electron chi connectivity index (χ1n) is 5.32. The highest BCUT2D eigenvalue weighted by Gasteiger charge is 2.05. The van der Waals surface area contributed by atoms with Gasteiger partial charge in [-0.1, -0.05) is 41.4 Å². The maximum Gasteiger partial charge on any atom is 0.338 e. The Bertz CT molecular complexity index is 333. The number of alkyl halides is 2. The van der Waals surface area contributed by atoms with Gasteiger partial charge in [-0.3, -0.25) is 0 Å². The lowest BCUT2D eigenvalue weighted by Gasteiger charge is -2.05. The fraction of sp³-hybridized carbons (Fsp3) is 0.364. The van der Waals surface area contributed by atoms with E-state index in [1.54, 1.807) is 24.3 Å². The molecule has 1 rings (SSSR count). The molecule has 0 unspecified atom stereocenters. The Balaban J connectivity index is 2.09. The fourth-order valence-electron chi connectivity index (χ4n) is 1.20. The Hall–Kier alpha value is -0.553. The summed E-state index contributed by atoms with van der Waals surface area (Å²) in [6.45, 7) is 0.402. The lowest BCUT2D eigenvalue weighted by Crippen LogP contribution is -2.08. The number of halogens is 2. The Morgan fingerprint density at radius 3 is 2.65 bits per heavy atom. The van der Waals surface area contributed by atoms with E-state index in [0.29, 0.717) is 12.2 Å². The highest BCUT2D eigenvalue weighted by Crippen LogP contribution is 2.05. The highest BCUT2D eigenvalue weighted by atomic mass is 35.5. The molecule has 1 aromatic carbocycles. The number of esters is 1. The van der Waals surface area contributed by atoms with Gasteiger partial charge in [0.1, 0.15) is 0 Å². The van der Waals surface area contributed by atoms with Crippen LogP contribution in [0.4, 0.5) is 0 Å². The van der Waals surface area contributed by atoms with Gasteiger partial charge in [0, 0.05) is 0 Å². The monoisotopic (exact) mass is 292 g/mol. The molecular formula is C11H14Cl2O3Si. The molecule has 0 radical (unpaired) electrons. The van der Waals surface area contributed by atoms with E-state index in [1.807, 2.05) is 6.07 Å². The number of hydrogen-bond donors (Lipinski definition) is 0. The average Bonchev–Trinajstić information content (AvgIpc) is 2.34. The summed E-state index contributed by atoms with van der Waals surface area (Å²) in [5.41, 5.74) is 0.572. The topological polar surface area (TPSA) is 35.5 Å². The third kappa shape index (κ3) is 6.68. The van der Waals surface area contributed by atoms with Crippen LogP contribution in [0.3, 0.4) is 0 Å². The Labute approximate surface area is 113 Å². The molecule has 6 heteroatoms. The van der Waals surface area contributed by atoms with Crippen molar-refractivity contribution in [2.45, 2.75) is 17.5 Å². The summed E-state index contributed by atoms with van der Waals surface area (Å²) < 4.78 is 10.2. The molecule has 0 amide bonds. The van der Waals surface area contributed by atoms with Crippen LogP contribution in [0.15, 0.2) is 30.3 Å².